The van der Waals surface area contributed by atoms with Crippen molar-refractivity contribution in [3.8, 4) is 0 Å². The zero-order valence-corrected chi connectivity index (χ0v) is 11.1. The number of rotatable bonds is 2. The largest absolute Gasteiger partial charge is 0.399 e. The molecule has 3 aromatic rings. The van der Waals surface area contributed by atoms with Gasteiger partial charge in [0.1, 0.15) is 0 Å². The summed E-state index contributed by atoms with van der Waals surface area (Å²) in [6, 6.07) is 12.8. The number of benzene rings is 2. The second-order valence-corrected chi connectivity index (χ2v) is 5.33. The molecule has 1 heterocycles. The van der Waals surface area contributed by atoms with Gasteiger partial charge in [0.05, 0.1) is 17.8 Å². The van der Waals surface area contributed by atoms with E-state index in [1.165, 1.54) is 11.1 Å². The predicted molar refractivity (Wildman–Crippen MR) is 81.6 cm³/mol. The van der Waals surface area contributed by atoms with Gasteiger partial charge in [-0.2, -0.15) is 5.10 Å². The van der Waals surface area contributed by atoms with E-state index in [9.17, 15) is 0 Å². The minimum absolute atomic E-state index is 0.353. The second kappa shape index (κ2) is 4.27. The molecule has 0 amide bonds. The lowest BCUT2D eigenvalue weighted by Gasteiger charge is -2.16. The van der Waals surface area contributed by atoms with Gasteiger partial charge in [-0.15, -0.1) is 0 Å². The zero-order chi connectivity index (χ0) is 13.5. The van der Waals surface area contributed by atoms with E-state index in [2.05, 4.69) is 33.7 Å². The first-order valence-corrected chi connectivity index (χ1v) is 6.88. The van der Waals surface area contributed by atoms with Crippen LogP contribution in [0.3, 0.4) is 0 Å². The molecule has 1 aliphatic rings. The van der Waals surface area contributed by atoms with E-state index in [1.807, 2.05) is 24.4 Å². The highest BCUT2D eigenvalue weighted by Crippen LogP contribution is 2.36. The van der Waals surface area contributed by atoms with Crippen molar-refractivity contribution in [3.63, 3.8) is 0 Å². The molecular weight excluding hydrogens is 248 g/mol. The number of aromatic amines is 1. The summed E-state index contributed by atoms with van der Waals surface area (Å²) in [7, 11) is 0. The van der Waals surface area contributed by atoms with Gasteiger partial charge in [-0.25, -0.2) is 0 Å². The Kier molecular flexibility index (Phi) is 2.42. The van der Waals surface area contributed by atoms with Crippen LogP contribution in [0.25, 0.3) is 10.9 Å². The monoisotopic (exact) mass is 264 g/mol. The number of aromatic nitrogens is 2. The van der Waals surface area contributed by atoms with Crippen LogP contribution in [0.4, 0.5) is 11.4 Å². The van der Waals surface area contributed by atoms with E-state index < -0.39 is 0 Å². The average molecular weight is 264 g/mol. The maximum atomic E-state index is 5.86. The van der Waals surface area contributed by atoms with Gasteiger partial charge in [-0.1, -0.05) is 12.1 Å². The van der Waals surface area contributed by atoms with Gasteiger partial charge in [-0.05, 0) is 48.2 Å². The number of nitrogens with zero attached hydrogens (tertiary/aromatic N) is 1. The number of nitrogens with two attached hydrogens (primary N) is 1. The van der Waals surface area contributed by atoms with Gasteiger partial charge in [-0.3, -0.25) is 5.10 Å². The molecule has 1 unspecified atom stereocenters. The Morgan fingerprint density at radius 1 is 1.25 bits per heavy atom. The SMILES string of the molecule is Nc1ccc2c(c1)CCC2Nc1cccc2[nH]ncc12. The number of nitrogens with one attached hydrogen (secondary N) is 2. The Labute approximate surface area is 117 Å². The standard InChI is InChI=1S/C16H16N4/c17-11-5-6-12-10(8-11)4-7-15(12)19-14-2-1-3-16-13(14)9-18-20-16/h1-3,5-6,8-9,15,19H,4,7,17H2,(H,18,20). The second-order valence-electron chi connectivity index (χ2n) is 5.33. The maximum Gasteiger partial charge on any atom is 0.0671 e. The minimum atomic E-state index is 0.353. The van der Waals surface area contributed by atoms with Gasteiger partial charge >= 0.3 is 0 Å². The van der Waals surface area contributed by atoms with Crippen LogP contribution >= 0.6 is 0 Å². The Hall–Kier alpha value is -2.49. The summed E-state index contributed by atoms with van der Waals surface area (Å²) in [4.78, 5) is 0. The van der Waals surface area contributed by atoms with Gasteiger partial charge in [0, 0.05) is 16.8 Å². The van der Waals surface area contributed by atoms with Crippen LogP contribution in [0.2, 0.25) is 0 Å². The van der Waals surface area contributed by atoms with E-state index in [1.54, 1.807) is 0 Å². The van der Waals surface area contributed by atoms with Gasteiger partial charge in [0.2, 0.25) is 0 Å². The number of anilines is 2. The van der Waals surface area contributed by atoms with E-state index >= 15 is 0 Å². The van der Waals surface area contributed by atoms with Crippen molar-refractivity contribution in [2.24, 2.45) is 0 Å². The Morgan fingerprint density at radius 3 is 3.15 bits per heavy atom. The van der Waals surface area contributed by atoms with Crippen LogP contribution in [0, 0.1) is 0 Å². The predicted octanol–water partition coefficient (Wildman–Crippen LogP) is 3.24. The molecule has 4 N–H and O–H groups in total. The van der Waals surface area contributed by atoms with Crippen molar-refractivity contribution in [2.75, 3.05) is 11.1 Å². The summed E-state index contributed by atoms with van der Waals surface area (Å²) in [6.07, 6.45) is 4.06. The number of aryl methyl sites for hydroxylation is 1. The van der Waals surface area contributed by atoms with E-state index in [-0.39, 0.29) is 0 Å². The molecule has 0 aliphatic heterocycles. The number of H-pyrrole nitrogens is 1. The van der Waals surface area contributed by atoms with Crippen LogP contribution in [0.15, 0.2) is 42.6 Å². The van der Waals surface area contributed by atoms with Crippen LogP contribution in [0.1, 0.15) is 23.6 Å². The molecule has 2 aromatic carbocycles. The molecule has 1 atom stereocenters. The summed E-state index contributed by atoms with van der Waals surface area (Å²) >= 11 is 0. The Balaban J connectivity index is 1.70. The number of hydrogen-bond acceptors (Lipinski definition) is 3. The van der Waals surface area contributed by atoms with E-state index in [0.29, 0.717) is 6.04 Å². The molecule has 4 heteroatoms. The highest BCUT2D eigenvalue weighted by molar-refractivity contribution is 5.91. The third-order valence-electron chi connectivity index (χ3n) is 4.06. The third kappa shape index (κ3) is 1.72. The Morgan fingerprint density at radius 2 is 2.20 bits per heavy atom. The minimum Gasteiger partial charge on any atom is -0.399 e. The fourth-order valence-corrected chi connectivity index (χ4v) is 3.07. The zero-order valence-electron chi connectivity index (χ0n) is 11.1. The highest BCUT2D eigenvalue weighted by atomic mass is 15.1. The lowest BCUT2D eigenvalue weighted by molar-refractivity contribution is 0.763. The van der Waals surface area contributed by atoms with Crippen molar-refractivity contribution in [3.05, 3.63) is 53.7 Å². The number of fused-ring (bicyclic) bond motifs is 2. The summed E-state index contributed by atoms with van der Waals surface area (Å²) in [6.45, 7) is 0. The van der Waals surface area contributed by atoms with Crippen LogP contribution < -0.4 is 11.1 Å². The normalized spacial score (nSPS) is 17.3. The van der Waals surface area contributed by atoms with Gasteiger partial charge < -0.3 is 11.1 Å². The molecule has 0 saturated carbocycles. The molecule has 20 heavy (non-hydrogen) atoms. The third-order valence-corrected chi connectivity index (χ3v) is 4.06. The van der Waals surface area contributed by atoms with Crippen molar-refractivity contribution >= 4 is 22.3 Å². The Bertz CT molecular complexity index is 775. The maximum absolute atomic E-state index is 5.86. The molecule has 0 radical (unpaired) electrons. The fraction of sp³-hybridized carbons (Fsp3) is 0.188. The molecule has 4 rings (SSSR count). The molecule has 1 aromatic heterocycles. The molecule has 0 spiro atoms. The summed E-state index contributed by atoms with van der Waals surface area (Å²) in [5.41, 5.74) is 11.6. The van der Waals surface area contributed by atoms with Crippen molar-refractivity contribution in [1.29, 1.82) is 0 Å². The first kappa shape index (κ1) is 11.3. The van der Waals surface area contributed by atoms with Crippen molar-refractivity contribution in [2.45, 2.75) is 18.9 Å². The fourth-order valence-electron chi connectivity index (χ4n) is 3.07. The molecule has 0 bridgehead atoms. The molecule has 1 aliphatic carbocycles. The van der Waals surface area contributed by atoms with E-state index in [4.69, 9.17) is 5.73 Å². The van der Waals surface area contributed by atoms with Crippen molar-refractivity contribution < 1.29 is 0 Å². The van der Waals surface area contributed by atoms with E-state index in [0.717, 1.165) is 35.1 Å². The average Bonchev–Trinajstić information content (AvgIpc) is 3.06. The lowest BCUT2D eigenvalue weighted by atomic mass is 10.1. The quantitative estimate of drug-likeness (QED) is 0.622. The molecule has 0 saturated heterocycles. The van der Waals surface area contributed by atoms with Crippen molar-refractivity contribution in [1.82, 2.24) is 10.2 Å². The molecular formula is C16H16N4. The number of nitrogen functional groups attached to an aromatic ring is 1. The lowest BCUT2D eigenvalue weighted by Crippen LogP contribution is -2.07. The summed E-state index contributed by atoms with van der Waals surface area (Å²) < 4.78 is 0. The first-order valence-electron chi connectivity index (χ1n) is 6.88. The smallest absolute Gasteiger partial charge is 0.0671 e. The van der Waals surface area contributed by atoms with Crippen LogP contribution in [-0.4, -0.2) is 10.2 Å². The van der Waals surface area contributed by atoms with Gasteiger partial charge in [0.15, 0.2) is 0 Å². The topological polar surface area (TPSA) is 66.7 Å². The summed E-state index contributed by atoms with van der Waals surface area (Å²) in [5.74, 6) is 0. The first-order chi connectivity index (χ1) is 9.81. The van der Waals surface area contributed by atoms with Crippen LogP contribution in [0.5, 0.6) is 0 Å². The highest BCUT2D eigenvalue weighted by Gasteiger charge is 2.22. The molecule has 100 valence electrons. The molecule has 4 nitrogen and oxygen atoms in total. The van der Waals surface area contributed by atoms with Crippen LogP contribution in [-0.2, 0) is 6.42 Å². The summed E-state index contributed by atoms with van der Waals surface area (Å²) in [5, 5.41) is 11.9. The molecule has 0 fully saturated rings. The number of hydrogen-bond donors (Lipinski definition) is 3. The van der Waals surface area contributed by atoms with Gasteiger partial charge in [0.25, 0.3) is 0 Å².